The summed E-state index contributed by atoms with van der Waals surface area (Å²) in [6, 6.07) is 6.02. The number of rotatable bonds is 3. The first kappa shape index (κ1) is 11.5. The third-order valence-electron chi connectivity index (χ3n) is 1.56. The minimum absolute atomic E-state index is 0.134. The van der Waals surface area contributed by atoms with Gasteiger partial charge in [0.15, 0.2) is 0 Å². The molecule has 0 aromatic heterocycles. The average molecular weight is 272 g/mol. The van der Waals surface area contributed by atoms with E-state index >= 15 is 0 Å². The molecule has 0 aliphatic heterocycles. The van der Waals surface area contributed by atoms with E-state index in [0.29, 0.717) is 11.4 Å². The Kier molecular flexibility index (Phi) is 4.11. The number of carbonyl (C=O) groups is 2. The fourth-order valence-corrected chi connectivity index (χ4v) is 1.11. The Bertz CT molecular complexity index is 364. The van der Waals surface area contributed by atoms with Crippen molar-refractivity contribution in [3.8, 4) is 0 Å². The van der Waals surface area contributed by atoms with Gasteiger partial charge in [-0.25, -0.2) is 4.79 Å². The lowest BCUT2D eigenvalue weighted by atomic mass is 10.3. The molecule has 0 saturated carbocycles. The van der Waals surface area contributed by atoms with Gasteiger partial charge in [-0.1, -0.05) is 15.9 Å². The summed E-state index contributed by atoms with van der Waals surface area (Å²) in [6.45, 7) is 0. The van der Waals surface area contributed by atoms with Crippen molar-refractivity contribution in [2.75, 3.05) is 16.0 Å². The van der Waals surface area contributed by atoms with Gasteiger partial charge in [0, 0.05) is 11.4 Å². The fourth-order valence-electron chi connectivity index (χ4n) is 0.974. The van der Waals surface area contributed by atoms with E-state index < -0.39 is 6.03 Å². The molecular formula is C9H10BrN3O2. The highest BCUT2D eigenvalue weighted by Gasteiger charge is 2.00. The number of halogens is 1. The van der Waals surface area contributed by atoms with Crippen molar-refractivity contribution < 1.29 is 9.59 Å². The van der Waals surface area contributed by atoms with E-state index in [1.165, 1.54) is 0 Å². The molecule has 0 unspecified atom stereocenters. The Hall–Kier alpha value is -1.56. The van der Waals surface area contributed by atoms with Crippen LogP contribution in [-0.2, 0) is 4.79 Å². The van der Waals surface area contributed by atoms with Gasteiger partial charge < -0.3 is 16.4 Å². The summed E-state index contributed by atoms with van der Waals surface area (Å²) in [4.78, 5) is 21.5. The first-order valence-electron chi connectivity index (χ1n) is 4.14. The van der Waals surface area contributed by atoms with Crippen LogP contribution in [0.5, 0.6) is 0 Å². The Morgan fingerprint density at radius 1 is 1.13 bits per heavy atom. The minimum Gasteiger partial charge on any atom is -0.351 e. The van der Waals surface area contributed by atoms with Crippen LogP contribution in [0.15, 0.2) is 24.3 Å². The zero-order valence-corrected chi connectivity index (χ0v) is 9.37. The van der Waals surface area contributed by atoms with E-state index in [4.69, 9.17) is 5.73 Å². The normalized spacial score (nSPS) is 9.40. The second-order valence-corrected chi connectivity index (χ2v) is 3.31. The number of urea groups is 1. The number of hydrogen-bond acceptors (Lipinski definition) is 2. The largest absolute Gasteiger partial charge is 0.351 e. The van der Waals surface area contributed by atoms with E-state index in [1.54, 1.807) is 24.3 Å². The molecule has 0 radical (unpaired) electrons. The van der Waals surface area contributed by atoms with Gasteiger partial charge in [-0.15, -0.1) is 0 Å². The zero-order chi connectivity index (χ0) is 11.3. The molecule has 0 saturated heterocycles. The summed E-state index contributed by atoms with van der Waals surface area (Å²) in [7, 11) is 0. The second-order valence-electron chi connectivity index (χ2n) is 2.75. The number of alkyl halides is 1. The molecule has 0 aliphatic carbocycles. The van der Waals surface area contributed by atoms with Crippen LogP contribution in [0, 0.1) is 0 Å². The van der Waals surface area contributed by atoms with Crippen LogP contribution in [0.3, 0.4) is 0 Å². The smallest absolute Gasteiger partial charge is 0.316 e. The van der Waals surface area contributed by atoms with E-state index in [0.717, 1.165) is 0 Å². The van der Waals surface area contributed by atoms with Gasteiger partial charge in [-0.2, -0.15) is 0 Å². The Morgan fingerprint density at radius 2 is 1.60 bits per heavy atom. The summed E-state index contributed by atoms with van der Waals surface area (Å²) in [6.07, 6.45) is 0. The van der Waals surface area contributed by atoms with Gasteiger partial charge in [-0.05, 0) is 24.3 Å². The predicted molar refractivity (Wildman–Crippen MR) is 62.1 cm³/mol. The summed E-state index contributed by atoms with van der Waals surface area (Å²) in [5, 5.41) is 5.30. The number of primary amides is 1. The number of nitrogens with two attached hydrogens (primary N) is 1. The van der Waals surface area contributed by atoms with Crippen LogP contribution in [0.25, 0.3) is 0 Å². The minimum atomic E-state index is -0.618. The maximum Gasteiger partial charge on any atom is 0.316 e. The van der Waals surface area contributed by atoms with Crippen molar-refractivity contribution >= 4 is 39.2 Å². The fraction of sp³-hybridized carbons (Fsp3) is 0.111. The van der Waals surface area contributed by atoms with E-state index in [9.17, 15) is 9.59 Å². The molecule has 80 valence electrons. The summed E-state index contributed by atoms with van der Waals surface area (Å²) < 4.78 is 0. The van der Waals surface area contributed by atoms with Crippen molar-refractivity contribution in [1.82, 2.24) is 0 Å². The molecule has 0 heterocycles. The van der Waals surface area contributed by atoms with Gasteiger partial charge in [0.1, 0.15) is 0 Å². The molecule has 0 bridgehead atoms. The van der Waals surface area contributed by atoms with Crippen molar-refractivity contribution in [2.45, 2.75) is 0 Å². The van der Waals surface area contributed by atoms with Crippen molar-refractivity contribution in [3.63, 3.8) is 0 Å². The molecule has 0 fully saturated rings. The van der Waals surface area contributed by atoms with E-state index in [-0.39, 0.29) is 11.2 Å². The van der Waals surface area contributed by atoms with Crippen LogP contribution in [-0.4, -0.2) is 17.3 Å². The van der Waals surface area contributed by atoms with Gasteiger partial charge >= 0.3 is 6.03 Å². The zero-order valence-electron chi connectivity index (χ0n) is 7.79. The third-order valence-corrected chi connectivity index (χ3v) is 2.07. The molecule has 5 nitrogen and oxygen atoms in total. The highest BCUT2D eigenvalue weighted by Crippen LogP contribution is 2.13. The standard InChI is InChI=1S/C9H10BrN3O2/c10-5-8(14)12-6-1-3-7(4-2-6)13-9(11)15/h1-4H,5H2,(H,12,14)(H3,11,13,15). The van der Waals surface area contributed by atoms with Gasteiger partial charge in [-0.3, -0.25) is 4.79 Å². The number of anilines is 2. The molecular weight excluding hydrogens is 262 g/mol. The number of benzene rings is 1. The van der Waals surface area contributed by atoms with Gasteiger partial charge in [0.2, 0.25) is 5.91 Å². The summed E-state index contributed by atoms with van der Waals surface area (Å²) in [5.41, 5.74) is 6.18. The highest BCUT2D eigenvalue weighted by atomic mass is 79.9. The van der Waals surface area contributed by atoms with Crippen LogP contribution < -0.4 is 16.4 Å². The topological polar surface area (TPSA) is 84.2 Å². The molecule has 0 aliphatic rings. The summed E-state index contributed by atoms with van der Waals surface area (Å²) >= 11 is 3.03. The Morgan fingerprint density at radius 3 is 2.00 bits per heavy atom. The lowest BCUT2D eigenvalue weighted by Crippen LogP contribution is -2.19. The molecule has 3 amide bonds. The van der Waals surface area contributed by atoms with Crippen molar-refractivity contribution in [2.24, 2.45) is 5.73 Å². The third kappa shape index (κ3) is 3.99. The quantitative estimate of drug-likeness (QED) is 0.728. The lowest BCUT2D eigenvalue weighted by Gasteiger charge is -2.05. The van der Waals surface area contributed by atoms with Crippen LogP contribution in [0.2, 0.25) is 0 Å². The van der Waals surface area contributed by atoms with Crippen LogP contribution in [0.1, 0.15) is 0 Å². The van der Waals surface area contributed by atoms with Crippen LogP contribution >= 0.6 is 15.9 Å². The molecule has 0 spiro atoms. The monoisotopic (exact) mass is 271 g/mol. The summed E-state index contributed by atoms with van der Waals surface area (Å²) in [5.74, 6) is -0.134. The maximum atomic E-state index is 11.0. The molecule has 15 heavy (non-hydrogen) atoms. The second kappa shape index (κ2) is 5.35. The first-order chi connectivity index (χ1) is 7.11. The molecule has 1 rings (SSSR count). The maximum absolute atomic E-state index is 11.0. The van der Waals surface area contributed by atoms with Gasteiger partial charge in [0.25, 0.3) is 0 Å². The highest BCUT2D eigenvalue weighted by molar-refractivity contribution is 9.09. The SMILES string of the molecule is NC(=O)Nc1ccc(NC(=O)CBr)cc1. The molecule has 4 N–H and O–H groups in total. The van der Waals surface area contributed by atoms with E-state index in [2.05, 4.69) is 26.6 Å². The predicted octanol–water partition coefficient (Wildman–Crippen LogP) is 1.51. The van der Waals surface area contributed by atoms with Crippen LogP contribution in [0.4, 0.5) is 16.2 Å². The van der Waals surface area contributed by atoms with Crippen molar-refractivity contribution in [1.29, 1.82) is 0 Å². The molecule has 0 atom stereocenters. The van der Waals surface area contributed by atoms with E-state index in [1.807, 2.05) is 0 Å². The number of nitrogens with one attached hydrogen (secondary N) is 2. The van der Waals surface area contributed by atoms with Gasteiger partial charge in [0.05, 0.1) is 5.33 Å². The number of carbonyl (C=O) groups excluding carboxylic acids is 2. The van der Waals surface area contributed by atoms with Crippen molar-refractivity contribution in [3.05, 3.63) is 24.3 Å². The molecule has 6 heteroatoms. The average Bonchev–Trinajstić information content (AvgIpc) is 2.20. The molecule has 1 aromatic carbocycles. The number of hydrogen-bond donors (Lipinski definition) is 3. The lowest BCUT2D eigenvalue weighted by molar-refractivity contribution is -0.113. The Balaban J connectivity index is 2.64. The first-order valence-corrected chi connectivity index (χ1v) is 5.26. The Labute approximate surface area is 95.2 Å². The molecule has 1 aromatic rings. The number of amides is 3.